The number of benzene rings is 1. The summed E-state index contributed by atoms with van der Waals surface area (Å²) in [5, 5.41) is 7.13. The van der Waals surface area contributed by atoms with E-state index < -0.39 is 0 Å². The van der Waals surface area contributed by atoms with Crippen LogP contribution in [-0.4, -0.2) is 47.9 Å². The van der Waals surface area contributed by atoms with Crippen LogP contribution in [0.2, 0.25) is 5.02 Å². The highest BCUT2D eigenvalue weighted by Crippen LogP contribution is 2.40. The molecule has 1 aliphatic carbocycles. The summed E-state index contributed by atoms with van der Waals surface area (Å²) in [7, 11) is 0. The molecular weight excluding hydrogens is 397 g/mol. The molecule has 2 N–H and O–H groups in total. The molecule has 4 rings (SSSR count). The second-order valence-electron chi connectivity index (χ2n) is 8.12. The average Bonchev–Trinajstić information content (AvgIpc) is 3.33. The lowest BCUT2D eigenvalue weighted by atomic mass is 9.84. The maximum Gasteiger partial charge on any atom is 0.254 e. The number of hydrogen-bond acceptors (Lipinski definition) is 3. The molecule has 0 bridgehead atoms. The van der Waals surface area contributed by atoms with Crippen LogP contribution in [-0.2, 0) is 4.79 Å². The number of amides is 2. The van der Waals surface area contributed by atoms with Gasteiger partial charge in [-0.05, 0) is 68.8 Å². The number of nitrogens with one attached hydrogen (secondary N) is 2. The van der Waals surface area contributed by atoms with Crippen molar-refractivity contribution < 1.29 is 9.59 Å². The summed E-state index contributed by atoms with van der Waals surface area (Å²) >= 11 is 5.97. The second-order valence-corrected chi connectivity index (χ2v) is 8.56. The van der Waals surface area contributed by atoms with Crippen molar-refractivity contribution in [3.8, 4) is 0 Å². The Morgan fingerprint density at radius 3 is 2.57 bits per heavy atom. The molecule has 1 aromatic rings. The molecule has 1 aromatic carbocycles. The van der Waals surface area contributed by atoms with Gasteiger partial charge >= 0.3 is 0 Å². The summed E-state index contributed by atoms with van der Waals surface area (Å²) in [4.78, 5) is 28.2. The standard InChI is InChI=1S/C21H28ClN3O2.ClH/c22-16-9-7-14(8-10-16)21(27)25-18-6-2-1-4-15(18)12-19(25)20(26)24-13-17-5-3-11-23-17;/h7-10,15,17-19,23H,1-6,11-13H2,(H,24,26);1H. The van der Waals surface area contributed by atoms with Gasteiger partial charge in [-0.15, -0.1) is 12.4 Å². The van der Waals surface area contributed by atoms with E-state index in [4.69, 9.17) is 11.6 Å². The van der Waals surface area contributed by atoms with E-state index in [2.05, 4.69) is 10.6 Å². The van der Waals surface area contributed by atoms with Gasteiger partial charge in [-0.1, -0.05) is 24.4 Å². The Morgan fingerprint density at radius 1 is 1.11 bits per heavy atom. The Bertz CT molecular complexity index is 691. The summed E-state index contributed by atoms with van der Waals surface area (Å²) in [5.74, 6) is 0.399. The fraction of sp³-hybridized carbons (Fsp3) is 0.619. The summed E-state index contributed by atoms with van der Waals surface area (Å²) in [6.45, 7) is 1.67. The van der Waals surface area contributed by atoms with E-state index in [9.17, 15) is 9.59 Å². The van der Waals surface area contributed by atoms with Crippen LogP contribution in [0.15, 0.2) is 24.3 Å². The van der Waals surface area contributed by atoms with E-state index in [-0.39, 0.29) is 36.3 Å². The van der Waals surface area contributed by atoms with Crippen molar-refractivity contribution >= 4 is 35.8 Å². The van der Waals surface area contributed by atoms with E-state index in [1.165, 1.54) is 6.42 Å². The van der Waals surface area contributed by atoms with E-state index in [0.717, 1.165) is 45.1 Å². The van der Waals surface area contributed by atoms with Crippen molar-refractivity contribution in [2.45, 2.75) is 63.1 Å². The van der Waals surface area contributed by atoms with E-state index in [0.29, 0.717) is 29.1 Å². The van der Waals surface area contributed by atoms with Crippen molar-refractivity contribution in [3.63, 3.8) is 0 Å². The van der Waals surface area contributed by atoms with Gasteiger partial charge in [-0.3, -0.25) is 9.59 Å². The minimum absolute atomic E-state index is 0. The Kier molecular flexibility index (Phi) is 7.24. The summed E-state index contributed by atoms with van der Waals surface area (Å²) in [5.41, 5.74) is 0.612. The SMILES string of the molecule is Cl.O=C(NCC1CCCN1)C1CC2CCCCC2N1C(=O)c1ccc(Cl)cc1. The molecule has 0 aromatic heterocycles. The number of nitrogens with zero attached hydrogens (tertiary/aromatic N) is 1. The lowest BCUT2D eigenvalue weighted by molar-refractivity contribution is -0.125. The molecule has 4 unspecified atom stereocenters. The van der Waals surface area contributed by atoms with Crippen LogP contribution < -0.4 is 10.6 Å². The average molecular weight is 426 g/mol. The summed E-state index contributed by atoms with van der Waals surface area (Å²) in [6.07, 6.45) is 7.49. The van der Waals surface area contributed by atoms with E-state index in [1.807, 2.05) is 4.90 Å². The zero-order valence-electron chi connectivity index (χ0n) is 16.0. The third-order valence-corrected chi connectivity index (χ3v) is 6.65. The van der Waals surface area contributed by atoms with Crippen molar-refractivity contribution in [3.05, 3.63) is 34.9 Å². The van der Waals surface area contributed by atoms with Crippen molar-refractivity contribution in [2.75, 3.05) is 13.1 Å². The zero-order valence-corrected chi connectivity index (χ0v) is 17.6. The third-order valence-electron chi connectivity index (χ3n) is 6.40. The lowest BCUT2D eigenvalue weighted by Gasteiger charge is -2.33. The van der Waals surface area contributed by atoms with Crippen LogP contribution in [0.4, 0.5) is 0 Å². The molecule has 2 saturated heterocycles. The number of carbonyl (C=O) groups is 2. The molecule has 2 amide bonds. The molecular formula is C21H29Cl2N3O2. The molecule has 3 aliphatic rings. The van der Waals surface area contributed by atoms with Crippen LogP contribution in [0.3, 0.4) is 0 Å². The fourth-order valence-corrected chi connectivity index (χ4v) is 5.13. The molecule has 2 heterocycles. The maximum absolute atomic E-state index is 13.3. The van der Waals surface area contributed by atoms with Crippen molar-refractivity contribution in [1.29, 1.82) is 0 Å². The first-order chi connectivity index (χ1) is 13.1. The van der Waals surface area contributed by atoms with E-state index >= 15 is 0 Å². The van der Waals surface area contributed by atoms with Gasteiger partial charge in [0.15, 0.2) is 0 Å². The van der Waals surface area contributed by atoms with Gasteiger partial charge < -0.3 is 15.5 Å². The first-order valence-corrected chi connectivity index (χ1v) is 10.6. The number of likely N-dealkylation sites (tertiary alicyclic amines) is 1. The van der Waals surface area contributed by atoms with Crippen LogP contribution in [0.5, 0.6) is 0 Å². The molecule has 5 nitrogen and oxygen atoms in total. The molecule has 0 spiro atoms. The van der Waals surface area contributed by atoms with Crippen LogP contribution in [0.25, 0.3) is 0 Å². The zero-order chi connectivity index (χ0) is 18.8. The molecule has 4 atom stereocenters. The largest absolute Gasteiger partial charge is 0.353 e. The predicted molar refractivity (Wildman–Crippen MR) is 113 cm³/mol. The summed E-state index contributed by atoms with van der Waals surface area (Å²) in [6, 6.07) is 7.19. The molecule has 0 radical (unpaired) electrons. The van der Waals surface area contributed by atoms with Gasteiger partial charge in [0.1, 0.15) is 6.04 Å². The lowest BCUT2D eigenvalue weighted by Crippen LogP contribution is -2.51. The molecule has 28 heavy (non-hydrogen) atoms. The van der Waals surface area contributed by atoms with Crippen molar-refractivity contribution in [1.82, 2.24) is 15.5 Å². The Balaban J connectivity index is 0.00000225. The molecule has 3 fully saturated rings. The Labute approximate surface area is 178 Å². The van der Waals surface area contributed by atoms with Crippen molar-refractivity contribution in [2.24, 2.45) is 5.92 Å². The van der Waals surface area contributed by atoms with E-state index in [1.54, 1.807) is 24.3 Å². The monoisotopic (exact) mass is 425 g/mol. The van der Waals surface area contributed by atoms with Gasteiger partial charge in [-0.25, -0.2) is 0 Å². The summed E-state index contributed by atoms with van der Waals surface area (Å²) < 4.78 is 0. The number of carbonyl (C=O) groups excluding carboxylic acids is 2. The van der Waals surface area contributed by atoms with Crippen LogP contribution in [0, 0.1) is 5.92 Å². The molecule has 154 valence electrons. The van der Waals surface area contributed by atoms with Crippen LogP contribution >= 0.6 is 24.0 Å². The molecule has 7 heteroatoms. The highest BCUT2D eigenvalue weighted by molar-refractivity contribution is 6.30. The quantitative estimate of drug-likeness (QED) is 0.776. The highest BCUT2D eigenvalue weighted by Gasteiger charge is 2.47. The second kappa shape index (κ2) is 9.47. The normalized spacial score (nSPS) is 29.1. The van der Waals surface area contributed by atoms with Gasteiger partial charge in [0.05, 0.1) is 0 Å². The van der Waals surface area contributed by atoms with Gasteiger partial charge in [-0.2, -0.15) is 0 Å². The number of rotatable bonds is 4. The smallest absolute Gasteiger partial charge is 0.254 e. The first kappa shape index (κ1) is 21.4. The third kappa shape index (κ3) is 4.47. The molecule has 1 saturated carbocycles. The maximum atomic E-state index is 13.3. The fourth-order valence-electron chi connectivity index (χ4n) is 5.00. The highest BCUT2D eigenvalue weighted by atomic mass is 35.5. The Morgan fingerprint density at radius 2 is 1.86 bits per heavy atom. The topological polar surface area (TPSA) is 61.4 Å². The first-order valence-electron chi connectivity index (χ1n) is 10.2. The minimum Gasteiger partial charge on any atom is -0.353 e. The predicted octanol–water partition coefficient (Wildman–Crippen LogP) is 3.40. The van der Waals surface area contributed by atoms with Crippen LogP contribution in [0.1, 0.15) is 55.3 Å². The number of hydrogen-bond donors (Lipinski definition) is 2. The van der Waals surface area contributed by atoms with Gasteiger partial charge in [0.25, 0.3) is 5.91 Å². The number of fused-ring (bicyclic) bond motifs is 1. The van der Waals surface area contributed by atoms with Gasteiger partial charge in [0, 0.05) is 29.2 Å². The number of halogens is 2. The Hall–Kier alpha value is -1.30. The minimum atomic E-state index is -0.359. The van der Waals surface area contributed by atoms with Gasteiger partial charge in [0.2, 0.25) is 5.91 Å². The molecule has 2 aliphatic heterocycles.